The highest BCUT2D eigenvalue weighted by molar-refractivity contribution is 7.89. The molecular formula is C28H38N2O7S. The molecule has 0 radical (unpaired) electrons. The number of benzene rings is 2. The molecule has 2 aromatic rings. The number of carbonyl (C=O) groups excluding carboxylic acids is 1. The topological polar surface area (TPSA) is 128 Å². The average Bonchev–Trinajstić information content (AvgIpc) is 3.13. The van der Waals surface area contributed by atoms with Crippen LogP contribution in [0, 0.1) is 17.7 Å². The van der Waals surface area contributed by atoms with Crippen LogP contribution in [-0.2, 0) is 35.4 Å². The number of nitrogen functional groups attached to an aromatic ring is 1. The van der Waals surface area contributed by atoms with E-state index in [2.05, 4.69) is 0 Å². The van der Waals surface area contributed by atoms with E-state index in [1.54, 1.807) is 44.2 Å². The zero-order valence-corrected chi connectivity index (χ0v) is 21.9. The molecule has 0 amide bonds. The van der Waals surface area contributed by atoms with Gasteiger partial charge in [0, 0.05) is 28.8 Å². The fraction of sp³-hybridized carbons (Fsp3) is 0.536. The molecule has 2 aromatic carbocycles. The minimum absolute atomic E-state index is 0.0102. The number of esters is 1. The molecule has 0 aliphatic carbocycles. The number of carbonyl (C=O) groups is 1. The first-order chi connectivity index (χ1) is 21.4. The highest BCUT2D eigenvalue weighted by atomic mass is 32.2. The monoisotopic (exact) mass is 555 g/mol. The Labute approximate surface area is 237 Å². The van der Waals surface area contributed by atoms with Crippen LogP contribution in [0.15, 0.2) is 59.5 Å². The molecule has 0 unspecified atom stereocenters. The second-order valence-electron chi connectivity index (χ2n) is 9.51. The minimum Gasteiger partial charge on any atom is -0.459 e. The number of aliphatic hydroxyl groups is 1. The van der Waals surface area contributed by atoms with Crippen molar-refractivity contribution in [2.45, 2.75) is 56.4 Å². The summed E-state index contributed by atoms with van der Waals surface area (Å²) in [5, 5.41) is 11.5. The molecule has 0 aromatic heterocycles. The van der Waals surface area contributed by atoms with E-state index in [4.69, 9.17) is 32.3 Å². The molecule has 0 spiro atoms. The fourth-order valence-corrected chi connectivity index (χ4v) is 5.74. The van der Waals surface area contributed by atoms with Crippen molar-refractivity contribution in [2.24, 2.45) is 17.7 Å². The summed E-state index contributed by atoms with van der Waals surface area (Å²) in [7, 11) is -4.17. The van der Waals surface area contributed by atoms with Crippen molar-refractivity contribution in [2.75, 3.05) is 31.9 Å². The first-order valence-electron chi connectivity index (χ1n) is 16.6. The molecule has 4 rings (SSSR count). The van der Waals surface area contributed by atoms with Gasteiger partial charge in [-0.15, -0.1) is 0 Å². The maximum absolute atomic E-state index is 13.6. The Kier molecular flexibility index (Phi) is 6.19. The van der Waals surface area contributed by atoms with Gasteiger partial charge in [0.2, 0.25) is 10.0 Å². The summed E-state index contributed by atoms with van der Waals surface area (Å²) in [6, 6.07) is 14.0. The zero-order valence-electron chi connectivity index (χ0n) is 30.1. The fourth-order valence-electron chi connectivity index (χ4n) is 4.12. The summed E-state index contributed by atoms with van der Waals surface area (Å²) < 4.78 is 117. The Balaban J connectivity index is 1.66. The van der Waals surface area contributed by atoms with E-state index >= 15 is 0 Å². The molecule has 2 heterocycles. The zero-order chi connectivity index (χ0) is 35.4. The van der Waals surface area contributed by atoms with Crippen LogP contribution in [0.4, 0.5) is 5.69 Å². The number of nitrogens with zero attached hydrogens (tertiary/aromatic N) is 1. The van der Waals surface area contributed by atoms with Crippen LogP contribution in [0.3, 0.4) is 0 Å². The van der Waals surface area contributed by atoms with Gasteiger partial charge in [-0.1, -0.05) is 44.2 Å². The highest BCUT2D eigenvalue weighted by Crippen LogP contribution is 2.33. The van der Waals surface area contributed by atoms with Crippen molar-refractivity contribution >= 4 is 21.7 Å². The van der Waals surface area contributed by atoms with Crippen molar-refractivity contribution in [3.05, 3.63) is 60.2 Å². The van der Waals surface area contributed by atoms with Crippen LogP contribution in [0.25, 0.3) is 0 Å². The number of anilines is 1. The van der Waals surface area contributed by atoms with E-state index in [0.29, 0.717) is 11.3 Å². The van der Waals surface area contributed by atoms with Gasteiger partial charge in [0.1, 0.15) is 6.08 Å². The molecule has 9 nitrogen and oxygen atoms in total. The van der Waals surface area contributed by atoms with E-state index in [-0.39, 0.29) is 23.8 Å². The van der Waals surface area contributed by atoms with E-state index in [9.17, 15) is 18.3 Å². The van der Waals surface area contributed by atoms with Gasteiger partial charge < -0.3 is 25.1 Å². The largest absolute Gasteiger partial charge is 0.459 e. The summed E-state index contributed by atoms with van der Waals surface area (Å²) in [6.45, 7) is -3.87. The van der Waals surface area contributed by atoms with Crippen molar-refractivity contribution in [3.63, 3.8) is 0 Å². The summed E-state index contributed by atoms with van der Waals surface area (Å²) in [6.07, 6.45) is -13.0. The minimum atomic E-state index is -4.17. The number of hydrogen-bond acceptors (Lipinski definition) is 8. The molecule has 3 N–H and O–H groups in total. The third-order valence-corrected chi connectivity index (χ3v) is 7.84. The Morgan fingerprint density at radius 2 is 1.89 bits per heavy atom. The van der Waals surface area contributed by atoms with Crippen LogP contribution in [-0.4, -0.2) is 68.5 Å². The van der Waals surface area contributed by atoms with E-state index in [0.717, 1.165) is 4.31 Å². The second kappa shape index (κ2) is 12.6. The van der Waals surface area contributed by atoms with Crippen molar-refractivity contribution in [1.29, 1.82) is 0 Å². The van der Waals surface area contributed by atoms with Gasteiger partial charge in [-0.2, -0.15) is 4.31 Å². The van der Waals surface area contributed by atoms with Gasteiger partial charge in [0.15, 0.2) is 6.27 Å². The van der Waals surface area contributed by atoms with Crippen LogP contribution >= 0.6 is 0 Å². The number of fused-ring (bicyclic) bond motifs is 1. The molecule has 2 fully saturated rings. The lowest BCUT2D eigenvalue weighted by atomic mass is 9.90. The van der Waals surface area contributed by atoms with Gasteiger partial charge in [0.25, 0.3) is 0 Å². The number of aliphatic hydroxyl groups excluding tert-OH is 1. The molecule has 10 heteroatoms. The van der Waals surface area contributed by atoms with Gasteiger partial charge >= 0.3 is 5.97 Å². The Bertz CT molecular complexity index is 1570. The second-order valence-corrected chi connectivity index (χ2v) is 11.4. The van der Waals surface area contributed by atoms with Crippen molar-refractivity contribution in [1.82, 2.24) is 4.31 Å². The molecule has 5 atom stereocenters. The molecule has 0 saturated carbocycles. The first kappa shape index (κ1) is 18.7. The van der Waals surface area contributed by atoms with Crippen LogP contribution in [0.2, 0.25) is 0 Å². The normalized spacial score (nSPS) is 36.2. The maximum Gasteiger partial charge on any atom is 0.306 e. The summed E-state index contributed by atoms with van der Waals surface area (Å²) in [4.78, 5) is 13.4. The standard InChI is InChI=1S/C28H38N2O7S/c1-19(2)16-30(38(33,34)23-10-8-22(29)9-11-23)17-25(31)21(14-20-6-4-3-5-7-20)15-27(32)37-26-18-36-28-24(26)12-13-35-28/h3-11,19,21,24-26,28,31H,12-18,29H2,1-2H3/t21-,24+,25-,26+,28-/m1/s1/i12D2,13D2,18D2,24D,26D,28D. The molecule has 38 heavy (non-hydrogen) atoms. The van der Waals surface area contributed by atoms with E-state index in [1.807, 2.05) is 0 Å². The molecule has 2 saturated heterocycles. The lowest BCUT2D eigenvalue weighted by molar-refractivity contribution is -0.153. The third kappa shape index (κ3) is 7.12. The van der Waals surface area contributed by atoms with Gasteiger partial charge in [0.05, 0.1) is 44.7 Å². The smallest absolute Gasteiger partial charge is 0.306 e. The molecular weight excluding hydrogens is 508 g/mol. The molecule has 2 aliphatic rings. The quantitative estimate of drug-likeness (QED) is 0.302. The predicted molar refractivity (Wildman–Crippen MR) is 142 cm³/mol. The van der Waals surface area contributed by atoms with Gasteiger partial charge in [-0.25, -0.2) is 8.42 Å². The predicted octanol–water partition coefficient (Wildman–Crippen LogP) is 2.83. The average molecular weight is 556 g/mol. The number of rotatable bonds is 12. The van der Waals surface area contributed by atoms with Crippen LogP contribution < -0.4 is 5.73 Å². The number of sulfonamides is 1. The molecule has 2 aliphatic heterocycles. The lowest BCUT2D eigenvalue weighted by Gasteiger charge is -2.30. The van der Waals surface area contributed by atoms with E-state index in [1.165, 1.54) is 24.3 Å². The summed E-state index contributed by atoms with van der Waals surface area (Å²) >= 11 is 0. The first-order valence-corrected chi connectivity index (χ1v) is 13.6. The maximum atomic E-state index is 13.6. The molecule has 0 bridgehead atoms. The van der Waals surface area contributed by atoms with Crippen LogP contribution in [0.5, 0.6) is 0 Å². The number of hydrogen-bond donors (Lipinski definition) is 2. The van der Waals surface area contributed by atoms with Gasteiger partial charge in [-0.05, 0) is 48.5 Å². The Hall–Kier alpha value is -2.50. The van der Waals surface area contributed by atoms with Crippen molar-refractivity contribution < 1.29 is 44.9 Å². The Morgan fingerprint density at radius 3 is 2.58 bits per heavy atom. The number of nitrogens with two attached hydrogens (primary N) is 1. The lowest BCUT2D eigenvalue weighted by Crippen LogP contribution is -2.43. The SMILES string of the molecule is [2H]C1([2H])O[C@]2([2H])OC([2H])([2H])[C@]([2H])(OC(=O)C[C@@H](Cc3ccccc3)[C@H](O)CN(CC(C)C)S(=O)(=O)c3ccc(N)cc3)[C@]2([2H])C1([2H])[2H]. The highest BCUT2D eigenvalue weighted by Gasteiger charge is 2.44. The van der Waals surface area contributed by atoms with E-state index < -0.39 is 78.7 Å². The van der Waals surface area contributed by atoms with Crippen molar-refractivity contribution in [3.8, 4) is 0 Å². The number of ether oxygens (including phenoxy) is 3. The van der Waals surface area contributed by atoms with Gasteiger partial charge in [-0.3, -0.25) is 4.79 Å². The van der Waals surface area contributed by atoms with Crippen LogP contribution in [0.1, 0.15) is 44.5 Å². The third-order valence-electron chi connectivity index (χ3n) is 5.99. The summed E-state index contributed by atoms with van der Waals surface area (Å²) in [5.41, 5.74) is 6.68. The summed E-state index contributed by atoms with van der Waals surface area (Å²) in [5.74, 6) is -6.31. The molecule has 208 valence electrons. The Morgan fingerprint density at radius 1 is 1.18 bits per heavy atom.